The molecule has 0 saturated heterocycles. The Morgan fingerprint density at radius 2 is 1.89 bits per heavy atom. The van der Waals surface area contributed by atoms with Crippen LogP contribution in [-0.2, 0) is 13.1 Å². The van der Waals surface area contributed by atoms with Gasteiger partial charge < -0.3 is 11.1 Å². The first kappa shape index (κ1) is 12.1. The molecule has 0 atom stereocenters. The maximum atomic E-state index is 8.95. The van der Waals surface area contributed by atoms with Crippen molar-refractivity contribution in [3.63, 3.8) is 0 Å². The number of pyridine rings is 1. The molecular weight excluding hydrogens is 224 g/mol. The number of nitrogens with two attached hydrogens (primary N) is 1. The van der Waals surface area contributed by atoms with Gasteiger partial charge in [-0.2, -0.15) is 5.26 Å². The van der Waals surface area contributed by atoms with Gasteiger partial charge in [0.15, 0.2) is 0 Å². The van der Waals surface area contributed by atoms with Crippen LogP contribution in [0.4, 0.5) is 5.69 Å². The van der Waals surface area contributed by atoms with E-state index < -0.39 is 0 Å². The predicted octanol–water partition coefficient (Wildman–Crippen LogP) is 2.02. The number of hydrogen-bond acceptors (Lipinski definition) is 4. The molecule has 0 aliphatic heterocycles. The van der Waals surface area contributed by atoms with Crippen molar-refractivity contribution in [2.24, 2.45) is 5.73 Å². The molecule has 0 fully saturated rings. The molecular formula is C14H14N4. The Hall–Kier alpha value is -2.38. The third-order valence-electron chi connectivity index (χ3n) is 2.68. The first-order valence-electron chi connectivity index (χ1n) is 5.69. The Labute approximate surface area is 106 Å². The first-order valence-corrected chi connectivity index (χ1v) is 5.69. The summed E-state index contributed by atoms with van der Waals surface area (Å²) in [6, 6.07) is 11.9. The zero-order valence-corrected chi connectivity index (χ0v) is 9.93. The van der Waals surface area contributed by atoms with Crippen molar-refractivity contribution in [2.75, 3.05) is 5.32 Å². The molecule has 18 heavy (non-hydrogen) atoms. The predicted molar refractivity (Wildman–Crippen MR) is 70.6 cm³/mol. The second-order valence-electron chi connectivity index (χ2n) is 3.91. The average Bonchev–Trinajstić information content (AvgIpc) is 2.46. The van der Waals surface area contributed by atoms with Gasteiger partial charge in [-0.15, -0.1) is 0 Å². The van der Waals surface area contributed by atoms with Crippen molar-refractivity contribution < 1.29 is 0 Å². The van der Waals surface area contributed by atoms with Gasteiger partial charge in [0.25, 0.3) is 0 Å². The lowest BCUT2D eigenvalue weighted by atomic mass is 10.1. The van der Waals surface area contributed by atoms with E-state index in [1.807, 2.05) is 24.3 Å². The number of nitrogens with one attached hydrogen (secondary N) is 1. The maximum Gasteiger partial charge on any atom is 0.101 e. The lowest BCUT2D eigenvalue weighted by Gasteiger charge is -2.08. The lowest BCUT2D eigenvalue weighted by Crippen LogP contribution is -2.02. The highest BCUT2D eigenvalue weighted by molar-refractivity contribution is 5.55. The zero-order chi connectivity index (χ0) is 12.8. The maximum absolute atomic E-state index is 8.95. The SMILES string of the molecule is N#Cc1ccncc1NCc1ccc(CN)cc1. The molecule has 2 rings (SSSR count). The molecule has 0 amide bonds. The second-order valence-corrected chi connectivity index (χ2v) is 3.91. The minimum absolute atomic E-state index is 0.550. The summed E-state index contributed by atoms with van der Waals surface area (Å²) in [6.45, 7) is 1.21. The van der Waals surface area contributed by atoms with E-state index in [2.05, 4.69) is 16.4 Å². The third-order valence-corrected chi connectivity index (χ3v) is 2.68. The van der Waals surface area contributed by atoms with Crippen LogP contribution >= 0.6 is 0 Å². The molecule has 4 nitrogen and oxygen atoms in total. The number of nitrogens with zero attached hydrogens (tertiary/aromatic N) is 2. The molecule has 0 unspecified atom stereocenters. The fraction of sp³-hybridized carbons (Fsp3) is 0.143. The molecule has 3 N–H and O–H groups in total. The van der Waals surface area contributed by atoms with Crippen LogP contribution < -0.4 is 11.1 Å². The molecule has 4 heteroatoms. The first-order chi connectivity index (χ1) is 8.83. The van der Waals surface area contributed by atoms with Crippen molar-refractivity contribution in [2.45, 2.75) is 13.1 Å². The summed E-state index contributed by atoms with van der Waals surface area (Å²) >= 11 is 0. The Bertz CT molecular complexity index is 555. The van der Waals surface area contributed by atoms with Crippen molar-refractivity contribution >= 4 is 5.69 Å². The summed E-state index contributed by atoms with van der Waals surface area (Å²) < 4.78 is 0. The summed E-state index contributed by atoms with van der Waals surface area (Å²) in [4.78, 5) is 4.00. The van der Waals surface area contributed by atoms with Gasteiger partial charge in [-0.25, -0.2) is 0 Å². The number of anilines is 1. The largest absolute Gasteiger partial charge is 0.379 e. The summed E-state index contributed by atoms with van der Waals surface area (Å²) in [7, 11) is 0. The summed E-state index contributed by atoms with van der Waals surface area (Å²) in [5.41, 5.74) is 9.14. The van der Waals surface area contributed by atoms with Gasteiger partial charge in [-0.3, -0.25) is 4.98 Å². The Kier molecular flexibility index (Phi) is 3.90. The van der Waals surface area contributed by atoms with Crippen molar-refractivity contribution in [3.8, 4) is 6.07 Å². The van der Waals surface area contributed by atoms with Gasteiger partial charge >= 0.3 is 0 Å². The monoisotopic (exact) mass is 238 g/mol. The quantitative estimate of drug-likeness (QED) is 0.854. The van der Waals surface area contributed by atoms with Gasteiger partial charge in [-0.1, -0.05) is 24.3 Å². The zero-order valence-electron chi connectivity index (χ0n) is 9.93. The van der Waals surface area contributed by atoms with E-state index >= 15 is 0 Å². The van der Waals surface area contributed by atoms with Crippen LogP contribution in [0.25, 0.3) is 0 Å². The van der Waals surface area contributed by atoms with Crippen molar-refractivity contribution in [1.82, 2.24) is 4.98 Å². The number of aromatic nitrogens is 1. The fourth-order valence-corrected chi connectivity index (χ4v) is 1.62. The minimum atomic E-state index is 0.550. The third kappa shape index (κ3) is 2.84. The molecule has 0 radical (unpaired) electrons. The van der Waals surface area contributed by atoms with Crippen LogP contribution in [0.15, 0.2) is 42.7 Å². The van der Waals surface area contributed by atoms with Crippen molar-refractivity contribution in [1.29, 1.82) is 5.26 Å². The highest BCUT2D eigenvalue weighted by Gasteiger charge is 2.00. The van der Waals surface area contributed by atoms with Gasteiger partial charge in [0.05, 0.1) is 17.4 Å². The minimum Gasteiger partial charge on any atom is -0.379 e. The smallest absolute Gasteiger partial charge is 0.101 e. The summed E-state index contributed by atoms with van der Waals surface area (Å²) in [5, 5.41) is 12.2. The molecule has 1 heterocycles. The second kappa shape index (κ2) is 5.80. The van der Waals surface area contributed by atoms with E-state index in [9.17, 15) is 0 Å². The molecule has 0 aliphatic carbocycles. The van der Waals surface area contributed by atoms with Crippen LogP contribution in [0.1, 0.15) is 16.7 Å². The lowest BCUT2D eigenvalue weighted by molar-refractivity contribution is 1.06. The number of benzene rings is 1. The normalized spacial score (nSPS) is 9.78. The van der Waals surface area contributed by atoms with Gasteiger partial charge in [0.1, 0.15) is 6.07 Å². The van der Waals surface area contributed by atoms with E-state index in [-0.39, 0.29) is 0 Å². The van der Waals surface area contributed by atoms with Gasteiger partial charge in [0.2, 0.25) is 0 Å². The van der Waals surface area contributed by atoms with Gasteiger partial charge in [-0.05, 0) is 17.2 Å². The fourth-order valence-electron chi connectivity index (χ4n) is 1.62. The summed E-state index contributed by atoms with van der Waals surface area (Å²) in [5.74, 6) is 0. The Balaban J connectivity index is 2.05. The van der Waals surface area contributed by atoms with E-state index in [0.29, 0.717) is 18.7 Å². The molecule has 0 bridgehead atoms. The van der Waals surface area contributed by atoms with E-state index in [1.54, 1.807) is 18.5 Å². The number of rotatable bonds is 4. The van der Waals surface area contributed by atoms with Gasteiger partial charge in [0, 0.05) is 19.3 Å². The molecule has 0 aliphatic rings. The molecule has 0 saturated carbocycles. The molecule has 1 aromatic carbocycles. The average molecular weight is 238 g/mol. The topological polar surface area (TPSA) is 74.7 Å². The van der Waals surface area contributed by atoms with Crippen LogP contribution in [0.5, 0.6) is 0 Å². The summed E-state index contributed by atoms with van der Waals surface area (Å²) in [6.07, 6.45) is 3.27. The Morgan fingerprint density at radius 3 is 2.56 bits per heavy atom. The number of hydrogen-bond donors (Lipinski definition) is 2. The molecule has 0 spiro atoms. The number of nitriles is 1. The van der Waals surface area contributed by atoms with Crippen LogP contribution in [-0.4, -0.2) is 4.98 Å². The standard InChI is InChI=1S/C14H14N4/c15-7-11-1-3-12(4-2-11)9-18-14-10-17-6-5-13(14)8-16/h1-6,10,18H,7,9,15H2. The van der Waals surface area contributed by atoms with Crippen LogP contribution in [0.3, 0.4) is 0 Å². The van der Waals surface area contributed by atoms with Crippen LogP contribution in [0, 0.1) is 11.3 Å². The molecule has 1 aromatic heterocycles. The molecule has 2 aromatic rings. The van der Waals surface area contributed by atoms with Crippen molar-refractivity contribution in [3.05, 3.63) is 59.4 Å². The van der Waals surface area contributed by atoms with E-state index in [1.165, 1.54) is 0 Å². The highest BCUT2D eigenvalue weighted by atomic mass is 14.9. The Morgan fingerprint density at radius 1 is 1.17 bits per heavy atom. The van der Waals surface area contributed by atoms with E-state index in [0.717, 1.165) is 16.8 Å². The van der Waals surface area contributed by atoms with Crippen LogP contribution in [0.2, 0.25) is 0 Å². The highest BCUT2D eigenvalue weighted by Crippen LogP contribution is 2.13. The van der Waals surface area contributed by atoms with E-state index in [4.69, 9.17) is 11.0 Å². The molecule has 90 valence electrons.